The molecule has 0 bridgehead atoms. The zero-order chi connectivity index (χ0) is 10.9. The molecular weight excluding hydrogens is 196 g/mol. The maximum atomic E-state index is 9.30. The summed E-state index contributed by atoms with van der Waals surface area (Å²) in [6, 6.07) is 0. The summed E-state index contributed by atoms with van der Waals surface area (Å²) in [6.07, 6.45) is 3.35. The second-order valence-corrected chi connectivity index (χ2v) is 4.04. The van der Waals surface area contributed by atoms with Crippen LogP contribution in [-0.2, 0) is 10.3 Å². The van der Waals surface area contributed by atoms with E-state index in [0.29, 0.717) is 5.82 Å². The molecule has 0 radical (unpaired) electrons. The van der Waals surface area contributed by atoms with Gasteiger partial charge in [0, 0.05) is 7.11 Å². The van der Waals surface area contributed by atoms with Gasteiger partial charge in [-0.3, -0.25) is 0 Å². The van der Waals surface area contributed by atoms with Crippen LogP contribution < -0.4 is 0 Å². The van der Waals surface area contributed by atoms with Gasteiger partial charge in [0.25, 0.3) is 5.89 Å². The van der Waals surface area contributed by atoms with Crippen LogP contribution in [0.25, 0.3) is 0 Å². The van der Waals surface area contributed by atoms with E-state index in [0.717, 1.165) is 25.7 Å². The molecule has 0 aromatic carbocycles. The topological polar surface area (TPSA) is 68.4 Å². The van der Waals surface area contributed by atoms with E-state index in [1.807, 2.05) is 0 Å². The van der Waals surface area contributed by atoms with Crippen molar-refractivity contribution in [3.05, 3.63) is 11.7 Å². The molecule has 1 aromatic heterocycles. The minimum Gasteiger partial charge on any atom is -0.384 e. The van der Waals surface area contributed by atoms with E-state index in [1.54, 1.807) is 14.0 Å². The van der Waals surface area contributed by atoms with Gasteiger partial charge >= 0.3 is 0 Å². The highest BCUT2D eigenvalue weighted by molar-refractivity contribution is 5.04. The van der Waals surface area contributed by atoms with Crippen LogP contribution in [0.1, 0.15) is 50.4 Å². The van der Waals surface area contributed by atoms with Crippen LogP contribution in [0.2, 0.25) is 0 Å². The molecule has 1 aliphatic rings. The fourth-order valence-corrected chi connectivity index (χ4v) is 2.06. The van der Waals surface area contributed by atoms with E-state index in [4.69, 9.17) is 9.26 Å². The molecule has 1 N–H and O–H groups in total. The first-order valence-corrected chi connectivity index (χ1v) is 5.25. The number of methoxy groups -OCH3 is 1. The molecule has 1 heterocycles. The molecule has 1 saturated carbocycles. The Hall–Kier alpha value is -0.940. The van der Waals surface area contributed by atoms with Gasteiger partial charge in [-0.1, -0.05) is 5.16 Å². The highest BCUT2D eigenvalue weighted by Gasteiger charge is 2.40. The van der Waals surface area contributed by atoms with Crippen LogP contribution in [0, 0.1) is 0 Å². The molecule has 1 atom stereocenters. The molecule has 5 nitrogen and oxygen atoms in total. The molecule has 2 rings (SSSR count). The zero-order valence-electron chi connectivity index (χ0n) is 9.06. The normalized spacial score (nSPS) is 21.8. The first kappa shape index (κ1) is 10.6. The summed E-state index contributed by atoms with van der Waals surface area (Å²) in [6.45, 7) is 1.60. The largest absolute Gasteiger partial charge is 0.384 e. The van der Waals surface area contributed by atoms with Gasteiger partial charge in [-0.25, -0.2) is 0 Å². The van der Waals surface area contributed by atoms with Crippen molar-refractivity contribution in [3.63, 3.8) is 0 Å². The lowest BCUT2D eigenvalue weighted by atomic mass is 10.0. The Kier molecular flexibility index (Phi) is 2.75. The molecule has 15 heavy (non-hydrogen) atoms. The summed E-state index contributed by atoms with van der Waals surface area (Å²) in [7, 11) is 1.67. The van der Waals surface area contributed by atoms with Crippen molar-refractivity contribution < 1.29 is 14.4 Å². The van der Waals surface area contributed by atoms with E-state index in [9.17, 15) is 5.11 Å². The number of ether oxygens (including phenoxy) is 1. The Bertz CT molecular complexity index is 329. The maximum absolute atomic E-state index is 9.30. The third-order valence-corrected chi connectivity index (χ3v) is 3.01. The van der Waals surface area contributed by atoms with E-state index < -0.39 is 11.7 Å². The van der Waals surface area contributed by atoms with Gasteiger partial charge in [-0.05, 0) is 32.6 Å². The summed E-state index contributed by atoms with van der Waals surface area (Å²) in [5.74, 6) is 0.826. The van der Waals surface area contributed by atoms with Crippen LogP contribution >= 0.6 is 0 Å². The van der Waals surface area contributed by atoms with Gasteiger partial charge in [0.1, 0.15) is 11.7 Å². The molecule has 1 unspecified atom stereocenters. The monoisotopic (exact) mass is 212 g/mol. The average Bonchev–Trinajstić information content (AvgIpc) is 2.87. The van der Waals surface area contributed by atoms with Crippen molar-refractivity contribution in [3.8, 4) is 0 Å². The number of hydrogen-bond acceptors (Lipinski definition) is 5. The van der Waals surface area contributed by atoms with Crippen molar-refractivity contribution in [2.75, 3.05) is 7.11 Å². The lowest BCUT2D eigenvalue weighted by Gasteiger charge is -2.22. The van der Waals surface area contributed by atoms with Crippen LogP contribution in [0.5, 0.6) is 0 Å². The van der Waals surface area contributed by atoms with Crippen molar-refractivity contribution in [2.24, 2.45) is 0 Å². The highest BCUT2D eigenvalue weighted by atomic mass is 16.5. The Morgan fingerprint density at radius 2 is 2.13 bits per heavy atom. The maximum Gasteiger partial charge on any atom is 0.255 e. The van der Waals surface area contributed by atoms with Crippen LogP contribution in [0.15, 0.2) is 4.52 Å². The number of rotatable bonds is 3. The van der Waals surface area contributed by atoms with E-state index >= 15 is 0 Å². The molecule has 0 amide bonds. The van der Waals surface area contributed by atoms with E-state index in [2.05, 4.69) is 10.1 Å². The first-order valence-electron chi connectivity index (χ1n) is 5.25. The number of aliphatic hydroxyl groups excluding tert-OH is 1. The van der Waals surface area contributed by atoms with Crippen LogP contribution in [0.4, 0.5) is 0 Å². The Balaban J connectivity index is 2.27. The van der Waals surface area contributed by atoms with Crippen molar-refractivity contribution in [1.29, 1.82) is 0 Å². The number of aliphatic hydroxyl groups is 1. The predicted octanol–water partition coefficient (Wildman–Crippen LogP) is 1.54. The van der Waals surface area contributed by atoms with Crippen molar-refractivity contribution in [2.45, 2.75) is 44.3 Å². The number of hydrogen-bond donors (Lipinski definition) is 1. The fraction of sp³-hybridized carbons (Fsp3) is 0.800. The zero-order valence-corrected chi connectivity index (χ0v) is 9.06. The van der Waals surface area contributed by atoms with Gasteiger partial charge in [0.2, 0.25) is 5.82 Å². The summed E-state index contributed by atoms with van der Waals surface area (Å²) in [5, 5.41) is 13.2. The second kappa shape index (κ2) is 3.90. The number of aromatic nitrogens is 2. The third kappa shape index (κ3) is 1.77. The molecule has 1 fully saturated rings. The first-order chi connectivity index (χ1) is 7.18. The summed E-state index contributed by atoms with van der Waals surface area (Å²) < 4.78 is 10.5. The Morgan fingerprint density at radius 3 is 2.60 bits per heavy atom. The molecule has 5 heteroatoms. The minimum atomic E-state index is -0.721. The lowest BCUT2D eigenvalue weighted by Crippen LogP contribution is -2.26. The molecule has 0 spiro atoms. The van der Waals surface area contributed by atoms with Crippen LogP contribution in [0.3, 0.4) is 0 Å². The lowest BCUT2D eigenvalue weighted by molar-refractivity contribution is -0.0178. The van der Waals surface area contributed by atoms with E-state index in [1.165, 1.54) is 0 Å². The molecule has 0 aliphatic heterocycles. The quantitative estimate of drug-likeness (QED) is 0.823. The van der Waals surface area contributed by atoms with Gasteiger partial charge in [-0.15, -0.1) is 0 Å². The third-order valence-electron chi connectivity index (χ3n) is 3.01. The highest BCUT2D eigenvalue weighted by Crippen LogP contribution is 2.40. The molecule has 1 aromatic rings. The second-order valence-electron chi connectivity index (χ2n) is 4.04. The smallest absolute Gasteiger partial charge is 0.255 e. The fourth-order valence-electron chi connectivity index (χ4n) is 2.06. The minimum absolute atomic E-state index is 0.258. The van der Waals surface area contributed by atoms with Gasteiger partial charge in [0.15, 0.2) is 0 Å². The van der Waals surface area contributed by atoms with Crippen LogP contribution in [-0.4, -0.2) is 22.4 Å². The Labute approximate surface area is 88.4 Å². The average molecular weight is 212 g/mol. The molecular formula is C10H16N2O3. The summed E-state index contributed by atoms with van der Waals surface area (Å²) >= 11 is 0. The standard InChI is InChI=1S/C10H16N2O3/c1-7(13)8-11-9(12-15-8)10(14-2)5-3-4-6-10/h7,13H,3-6H2,1-2H3. The van der Waals surface area contributed by atoms with Gasteiger partial charge in [-0.2, -0.15) is 4.98 Å². The molecule has 84 valence electrons. The van der Waals surface area contributed by atoms with E-state index in [-0.39, 0.29) is 5.89 Å². The SMILES string of the molecule is COC1(c2noc(C(C)O)n2)CCCC1. The summed E-state index contributed by atoms with van der Waals surface area (Å²) in [4.78, 5) is 4.18. The molecule has 0 saturated heterocycles. The summed E-state index contributed by atoms with van der Waals surface area (Å²) in [5.41, 5.74) is -0.392. The Morgan fingerprint density at radius 1 is 1.47 bits per heavy atom. The van der Waals surface area contributed by atoms with Gasteiger partial charge < -0.3 is 14.4 Å². The van der Waals surface area contributed by atoms with Crippen molar-refractivity contribution >= 4 is 0 Å². The van der Waals surface area contributed by atoms with Gasteiger partial charge in [0.05, 0.1) is 0 Å². The number of nitrogens with zero attached hydrogens (tertiary/aromatic N) is 2. The van der Waals surface area contributed by atoms with Crippen molar-refractivity contribution in [1.82, 2.24) is 10.1 Å². The predicted molar refractivity (Wildman–Crippen MR) is 52.1 cm³/mol. The molecule has 1 aliphatic carbocycles.